The fourth-order valence-corrected chi connectivity index (χ4v) is 2.85. The van der Waals surface area contributed by atoms with E-state index < -0.39 is 0 Å². The number of thiophene rings is 1. The van der Waals surface area contributed by atoms with Gasteiger partial charge in [-0.15, -0.1) is 11.3 Å². The highest BCUT2D eigenvalue weighted by molar-refractivity contribution is 7.10. The Morgan fingerprint density at radius 1 is 1.14 bits per heavy atom. The highest BCUT2D eigenvalue weighted by atomic mass is 32.1. The van der Waals surface area contributed by atoms with Gasteiger partial charge in [0.2, 0.25) is 0 Å². The maximum Gasteiger partial charge on any atom is 0.271 e. The SMILES string of the molecule is Cc1sccc1/C=N\NC(=O)c1cccc2ccccc12. The van der Waals surface area contributed by atoms with Gasteiger partial charge in [0.25, 0.3) is 5.91 Å². The Labute approximate surface area is 126 Å². The number of carbonyl (C=O) groups is 1. The van der Waals surface area contributed by atoms with E-state index in [9.17, 15) is 4.79 Å². The molecule has 1 aromatic heterocycles. The molecule has 0 radical (unpaired) electrons. The molecule has 0 saturated carbocycles. The van der Waals surface area contributed by atoms with E-state index >= 15 is 0 Å². The number of hydrogen-bond acceptors (Lipinski definition) is 3. The summed E-state index contributed by atoms with van der Waals surface area (Å²) in [6, 6.07) is 15.5. The van der Waals surface area contributed by atoms with Crippen LogP contribution in [-0.4, -0.2) is 12.1 Å². The molecule has 4 heteroatoms. The van der Waals surface area contributed by atoms with E-state index in [4.69, 9.17) is 0 Å². The van der Waals surface area contributed by atoms with Crippen LogP contribution in [0.25, 0.3) is 10.8 Å². The number of rotatable bonds is 3. The largest absolute Gasteiger partial charge is 0.271 e. The third-order valence-electron chi connectivity index (χ3n) is 3.30. The van der Waals surface area contributed by atoms with Crippen molar-refractivity contribution in [1.82, 2.24) is 5.43 Å². The van der Waals surface area contributed by atoms with Crippen LogP contribution in [0.2, 0.25) is 0 Å². The van der Waals surface area contributed by atoms with Crippen LogP contribution in [0.1, 0.15) is 20.8 Å². The maximum atomic E-state index is 12.2. The fraction of sp³-hybridized carbons (Fsp3) is 0.0588. The predicted octanol–water partition coefficient (Wildman–Crippen LogP) is 3.97. The average molecular weight is 294 g/mol. The highest BCUT2D eigenvalue weighted by Crippen LogP contribution is 2.18. The monoisotopic (exact) mass is 294 g/mol. The number of nitrogens with zero attached hydrogens (tertiary/aromatic N) is 1. The van der Waals surface area contributed by atoms with Gasteiger partial charge < -0.3 is 0 Å². The number of fused-ring (bicyclic) bond motifs is 1. The van der Waals surface area contributed by atoms with Crippen molar-refractivity contribution < 1.29 is 4.79 Å². The molecule has 0 saturated heterocycles. The molecule has 1 heterocycles. The Kier molecular flexibility index (Phi) is 3.79. The number of amides is 1. The summed E-state index contributed by atoms with van der Waals surface area (Å²) >= 11 is 1.66. The minimum Gasteiger partial charge on any atom is -0.267 e. The third kappa shape index (κ3) is 2.85. The van der Waals surface area contributed by atoms with Gasteiger partial charge in [0, 0.05) is 16.0 Å². The first-order chi connectivity index (χ1) is 10.3. The summed E-state index contributed by atoms with van der Waals surface area (Å²) in [6.45, 7) is 2.03. The molecule has 0 fully saturated rings. The van der Waals surface area contributed by atoms with Crippen molar-refractivity contribution in [2.24, 2.45) is 5.10 Å². The molecule has 0 atom stereocenters. The normalized spacial score (nSPS) is 11.1. The average Bonchev–Trinajstić information content (AvgIpc) is 2.92. The van der Waals surface area contributed by atoms with Gasteiger partial charge in [-0.1, -0.05) is 36.4 Å². The molecule has 0 bridgehead atoms. The fourth-order valence-electron chi connectivity index (χ4n) is 2.17. The minimum absolute atomic E-state index is 0.198. The van der Waals surface area contributed by atoms with Crippen molar-refractivity contribution in [2.75, 3.05) is 0 Å². The lowest BCUT2D eigenvalue weighted by Gasteiger charge is -2.04. The zero-order chi connectivity index (χ0) is 14.7. The van der Waals surface area contributed by atoms with E-state index in [1.807, 2.05) is 60.8 Å². The van der Waals surface area contributed by atoms with Crippen LogP contribution in [-0.2, 0) is 0 Å². The summed E-state index contributed by atoms with van der Waals surface area (Å²) in [4.78, 5) is 13.4. The molecule has 0 unspecified atom stereocenters. The molecule has 104 valence electrons. The van der Waals surface area contributed by atoms with Crippen LogP contribution >= 0.6 is 11.3 Å². The minimum atomic E-state index is -0.198. The number of benzene rings is 2. The molecule has 3 nitrogen and oxygen atoms in total. The predicted molar refractivity (Wildman–Crippen MR) is 88.1 cm³/mol. The molecule has 21 heavy (non-hydrogen) atoms. The lowest BCUT2D eigenvalue weighted by atomic mass is 10.0. The smallest absolute Gasteiger partial charge is 0.267 e. The Balaban J connectivity index is 1.82. The van der Waals surface area contributed by atoms with Gasteiger partial charge in [-0.25, -0.2) is 5.43 Å². The van der Waals surface area contributed by atoms with E-state index in [1.165, 1.54) is 4.88 Å². The van der Waals surface area contributed by atoms with E-state index in [0.29, 0.717) is 5.56 Å². The molecule has 0 spiro atoms. The lowest BCUT2D eigenvalue weighted by Crippen LogP contribution is -2.17. The molecule has 0 aliphatic heterocycles. The summed E-state index contributed by atoms with van der Waals surface area (Å²) < 4.78 is 0. The van der Waals surface area contributed by atoms with Crippen molar-refractivity contribution in [3.05, 3.63) is 69.9 Å². The van der Waals surface area contributed by atoms with Crippen LogP contribution in [0.5, 0.6) is 0 Å². The topological polar surface area (TPSA) is 41.5 Å². The molecule has 3 aromatic rings. The zero-order valence-electron chi connectivity index (χ0n) is 11.5. The summed E-state index contributed by atoms with van der Waals surface area (Å²) in [5.41, 5.74) is 4.25. The Bertz CT molecular complexity index is 815. The van der Waals surface area contributed by atoms with E-state index in [-0.39, 0.29) is 5.91 Å². The summed E-state index contributed by atoms with van der Waals surface area (Å²) in [6.07, 6.45) is 1.68. The van der Waals surface area contributed by atoms with Crippen molar-refractivity contribution in [3.8, 4) is 0 Å². The first kappa shape index (κ1) is 13.5. The molecule has 3 rings (SSSR count). The van der Waals surface area contributed by atoms with Gasteiger partial charge in [-0.05, 0) is 35.2 Å². The van der Waals surface area contributed by atoms with Gasteiger partial charge in [-0.3, -0.25) is 4.79 Å². The van der Waals surface area contributed by atoms with E-state index in [1.54, 1.807) is 17.6 Å². The summed E-state index contributed by atoms with van der Waals surface area (Å²) in [5.74, 6) is -0.198. The third-order valence-corrected chi connectivity index (χ3v) is 4.16. The van der Waals surface area contributed by atoms with Gasteiger partial charge in [0.1, 0.15) is 0 Å². The number of aryl methyl sites for hydroxylation is 1. The van der Waals surface area contributed by atoms with Crippen LogP contribution in [0.3, 0.4) is 0 Å². The number of nitrogens with one attached hydrogen (secondary N) is 1. The molecule has 0 aliphatic carbocycles. The number of hydrogen-bond donors (Lipinski definition) is 1. The summed E-state index contributed by atoms with van der Waals surface area (Å²) in [7, 11) is 0. The second-order valence-corrected chi connectivity index (χ2v) is 5.78. The van der Waals surface area contributed by atoms with Crippen LogP contribution < -0.4 is 5.43 Å². The second kappa shape index (κ2) is 5.89. The van der Waals surface area contributed by atoms with Crippen LogP contribution in [0.15, 0.2) is 59.0 Å². The molecular formula is C17H14N2OS. The zero-order valence-corrected chi connectivity index (χ0v) is 12.4. The molecule has 2 aromatic carbocycles. The molecule has 1 N–H and O–H groups in total. The van der Waals surface area contributed by atoms with Crippen molar-refractivity contribution in [3.63, 3.8) is 0 Å². The molecule has 0 aliphatic rings. The molecular weight excluding hydrogens is 280 g/mol. The first-order valence-electron chi connectivity index (χ1n) is 6.61. The second-order valence-electron chi connectivity index (χ2n) is 4.66. The van der Waals surface area contributed by atoms with E-state index in [0.717, 1.165) is 16.3 Å². The molecule has 1 amide bonds. The Morgan fingerprint density at radius 2 is 1.95 bits per heavy atom. The Morgan fingerprint density at radius 3 is 2.76 bits per heavy atom. The Hall–Kier alpha value is -2.46. The lowest BCUT2D eigenvalue weighted by molar-refractivity contribution is 0.0957. The van der Waals surface area contributed by atoms with Crippen molar-refractivity contribution >= 4 is 34.2 Å². The van der Waals surface area contributed by atoms with Gasteiger partial charge >= 0.3 is 0 Å². The standard InChI is InChI=1S/C17H14N2OS/c1-12-14(9-10-21-12)11-18-19-17(20)16-8-4-6-13-5-2-3-7-15(13)16/h2-11H,1H3,(H,19,20)/b18-11-. The van der Waals surface area contributed by atoms with Gasteiger partial charge in [0.05, 0.1) is 6.21 Å². The van der Waals surface area contributed by atoms with Crippen molar-refractivity contribution in [1.29, 1.82) is 0 Å². The quantitative estimate of drug-likeness (QED) is 0.576. The van der Waals surface area contributed by atoms with E-state index in [2.05, 4.69) is 10.5 Å². The first-order valence-corrected chi connectivity index (χ1v) is 7.49. The number of carbonyl (C=O) groups excluding carboxylic acids is 1. The van der Waals surface area contributed by atoms with Crippen LogP contribution in [0, 0.1) is 6.92 Å². The maximum absolute atomic E-state index is 12.2. The van der Waals surface area contributed by atoms with Gasteiger partial charge in [-0.2, -0.15) is 5.10 Å². The van der Waals surface area contributed by atoms with Gasteiger partial charge in [0.15, 0.2) is 0 Å². The van der Waals surface area contributed by atoms with Crippen LogP contribution in [0.4, 0.5) is 0 Å². The summed E-state index contributed by atoms with van der Waals surface area (Å²) in [5, 5.41) is 8.02. The number of hydrazone groups is 1. The highest BCUT2D eigenvalue weighted by Gasteiger charge is 2.08. The van der Waals surface area contributed by atoms with Crippen molar-refractivity contribution in [2.45, 2.75) is 6.92 Å².